The minimum Gasteiger partial charge on any atom is -0.370 e. The van der Waals surface area contributed by atoms with Gasteiger partial charge in [-0.1, -0.05) is 95.2 Å². The van der Waals surface area contributed by atoms with Gasteiger partial charge in [-0.25, -0.2) is 0 Å². The summed E-state index contributed by atoms with van der Waals surface area (Å²) in [5, 5.41) is 4.15. The maximum absolute atomic E-state index is 9.44. The Morgan fingerprint density at radius 3 is 2.40 bits per heavy atom. The second-order valence-corrected chi connectivity index (χ2v) is 9.78. The molecule has 0 bridgehead atoms. The van der Waals surface area contributed by atoms with Gasteiger partial charge in [0.1, 0.15) is 23.7 Å². The number of rotatable bonds is 7. The lowest BCUT2D eigenvalue weighted by Crippen LogP contribution is -2.61. The maximum Gasteiger partial charge on any atom is 0.184 e. The van der Waals surface area contributed by atoms with Crippen molar-refractivity contribution in [2.45, 2.75) is 54.5 Å². The Hall–Kier alpha value is -2.84. The quantitative estimate of drug-likeness (QED) is 0.224. The fourth-order valence-corrected chi connectivity index (χ4v) is 5.44. The van der Waals surface area contributed by atoms with E-state index in [1.807, 2.05) is 79.7 Å². The number of thioether (sulfide) groups is 1. The monoisotopic (exact) mass is 489 g/mol. The number of ether oxygens (including phenoxy) is 4. The smallest absolute Gasteiger partial charge is 0.184 e. The molecule has 8 heteroatoms. The maximum atomic E-state index is 9.44. The first-order valence-electron chi connectivity index (χ1n) is 11.6. The number of aryl methyl sites for hydroxylation is 1. The molecule has 7 nitrogen and oxygen atoms in total. The lowest BCUT2D eigenvalue weighted by molar-refractivity contribution is -0.311. The zero-order chi connectivity index (χ0) is 24.0. The van der Waals surface area contributed by atoms with E-state index in [9.17, 15) is 5.53 Å². The normalized spacial score (nSPS) is 28.0. The van der Waals surface area contributed by atoms with Crippen LogP contribution in [-0.2, 0) is 25.6 Å². The summed E-state index contributed by atoms with van der Waals surface area (Å²) in [5.41, 5.74) is 12.1. The Bertz CT molecular complexity index is 1140. The topological polar surface area (TPSA) is 85.7 Å². The van der Waals surface area contributed by atoms with Crippen molar-refractivity contribution in [3.63, 3.8) is 0 Å². The van der Waals surface area contributed by atoms with Gasteiger partial charge < -0.3 is 18.9 Å². The van der Waals surface area contributed by atoms with Crippen LogP contribution in [0.25, 0.3) is 10.4 Å². The van der Waals surface area contributed by atoms with Crippen LogP contribution in [-0.4, -0.2) is 36.4 Å². The molecule has 6 atom stereocenters. The van der Waals surface area contributed by atoms with Gasteiger partial charge in [-0.05, 0) is 30.2 Å². The SMILES string of the molecule is Cc1ccc(SC2O[C@@H]3COC(c4ccccc4)O[C@H]3[C@H](OCc3ccccc3)[C@H]2N=[N+]=[N-])cc1. The van der Waals surface area contributed by atoms with Crippen LogP contribution in [0.1, 0.15) is 23.0 Å². The first-order valence-corrected chi connectivity index (χ1v) is 12.5. The van der Waals surface area contributed by atoms with Crippen LogP contribution in [0.3, 0.4) is 0 Å². The average Bonchev–Trinajstić information content (AvgIpc) is 2.90. The lowest BCUT2D eigenvalue weighted by Gasteiger charge is -2.48. The zero-order valence-electron chi connectivity index (χ0n) is 19.3. The molecule has 5 rings (SSSR count). The van der Waals surface area contributed by atoms with Crippen LogP contribution < -0.4 is 0 Å². The van der Waals surface area contributed by atoms with Gasteiger partial charge in [0, 0.05) is 15.4 Å². The highest BCUT2D eigenvalue weighted by Gasteiger charge is 2.50. The third-order valence-corrected chi connectivity index (χ3v) is 7.29. The van der Waals surface area contributed by atoms with Gasteiger partial charge >= 0.3 is 0 Å². The van der Waals surface area contributed by atoms with E-state index in [0.717, 1.165) is 16.0 Å². The molecule has 0 amide bonds. The van der Waals surface area contributed by atoms with Crippen molar-refractivity contribution in [3.05, 3.63) is 112 Å². The number of nitrogens with zero attached hydrogens (tertiary/aromatic N) is 3. The third kappa shape index (κ3) is 5.70. The molecule has 180 valence electrons. The number of fused-ring (bicyclic) bond motifs is 1. The standard InChI is InChI=1S/C27H27N3O4S/c1-18-12-14-21(15-13-18)35-27-23(29-30-28)25(31-16-19-8-4-2-5-9-19)24-22(33-27)17-32-26(34-24)20-10-6-3-7-11-20/h2-15,22-27H,16-17H2,1H3/t22-,23-,24-,25-,26?,27?/m1/s1. The molecule has 0 aliphatic carbocycles. The van der Waals surface area contributed by atoms with Crippen molar-refractivity contribution in [1.29, 1.82) is 0 Å². The molecule has 2 saturated heterocycles. The van der Waals surface area contributed by atoms with Crippen LogP contribution >= 0.6 is 11.8 Å². The van der Waals surface area contributed by atoms with Crippen molar-refractivity contribution in [3.8, 4) is 0 Å². The predicted octanol–water partition coefficient (Wildman–Crippen LogP) is 6.19. The van der Waals surface area contributed by atoms with Crippen LogP contribution in [0.2, 0.25) is 0 Å². The highest BCUT2D eigenvalue weighted by molar-refractivity contribution is 7.99. The summed E-state index contributed by atoms with van der Waals surface area (Å²) in [5.74, 6) is 0. The molecule has 3 aromatic carbocycles. The van der Waals surface area contributed by atoms with Crippen LogP contribution in [0.4, 0.5) is 0 Å². The Morgan fingerprint density at radius 1 is 0.971 bits per heavy atom. The van der Waals surface area contributed by atoms with E-state index in [4.69, 9.17) is 18.9 Å². The van der Waals surface area contributed by atoms with Crippen molar-refractivity contribution >= 4 is 11.8 Å². The molecule has 3 aromatic rings. The van der Waals surface area contributed by atoms with E-state index < -0.39 is 30.0 Å². The van der Waals surface area contributed by atoms with Gasteiger partial charge in [-0.3, -0.25) is 0 Å². The Kier molecular flexibility index (Phi) is 7.69. The Labute approximate surface area is 209 Å². The largest absolute Gasteiger partial charge is 0.370 e. The fraction of sp³-hybridized carbons (Fsp3) is 0.333. The fourth-order valence-electron chi connectivity index (χ4n) is 4.33. The second kappa shape index (κ2) is 11.3. The minimum atomic E-state index is -0.592. The van der Waals surface area contributed by atoms with E-state index >= 15 is 0 Å². The summed E-state index contributed by atoms with van der Waals surface area (Å²) in [4.78, 5) is 4.18. The van der Waals surface area contributed by atoms with Gasteiger partial charge in [0.2, 0.25) is 0 Å². The molecule has 0 saturated carbocycles. The zero-order valence-corrected chi connectivity index (χ0v) is 20.2. The highest BCUT2D eigenvalue weighted by atomic mass is 32.2. The summed E-state index contributed by atoms with van der Waals surface area (Å²) in [6, 6.07) is 27.3. The van der Waals surface area contributed by atoms with Gasteiger partial charge in [0.15, 0.2) is 6.29 Å². The minimum absolute atomic E-state index is 0.351. The number of hydrogen-bond donors (Lipinski definition) is 0. The van der Waals surface area contributed by atoms with Crippen LogP contribution in [0, 0.1) is 6.92 Å². The Morgan fingerprint density at radius 2 is 1.69 bits per heavy atom. The van der Waals surface area contributed by atoms with E-state index in [1.165, 1.54) is 17.3 Å². The van der Waals surface area contributed by atoms with Gasteiger partial charge in [0.05, 0.1) is 19.3 Å². The van der Waals surface area contributed by atoms with Gasteiger partial charge in [-0.2, -0.15) is 0 Å². The molecule has 2 heterocycles. The number of benzene rings is 3. The van der Waals surface area contributed by atoms with E-state index in [1.54, 1.807) is 0 Å². The van der Waals surface area contributed by atoms with Gasteiger partial charge in [0.25, 0.3) is 0 Å². The molecular weight excluding hydrogens is 462 g/mol. The lowest BCUT2D eigenvalue weighted by atomic mass is 9.97. The Balaban J connectivity index is 1.42. The van der Waals surface area contributed by atoms with Crippen molar-refractivity contribution < 1.29 is 18.9 Å². The molecule has 0 N–H and O–H groups in total. The molecule has 35 heavy (non-hydrogen) atoms. The predicted molar refractivity (Wildman–Crippen MR) is 134 cm³/mol. The van der Waals surface area contributed by atoms with E-state index in [2.05, 4.69) is 22.2 Å². The van der Waals surface area contributed by atoms with E-state index in [-0.39, 0.29) is 6.10 Å². The molecule has 0 radical (unpaired) electrons. The second-order valence-electron chi connectivity index (χ2n) is 8.61. The summed E-state index contributed by atoms with van der Waals surface area (Å²) in [7, 11) is 0. The molecule has 2 fully saturated rings. The number of hydrogen-bond acceptors (Lipinski definition) is 6. The average molecular weight is 490 g/mol. The first kappa shape index (κ1) is 23.9. The summed E-state index contributed by atoms with van der Waals surface area (Å²) in [6.07, 6.45) is -1.87. The van der Waals surface area contributed by atoms with Crippen molar-refractivity contribution in [2.24, 2.45) is 5.11 Å². The highest BCUT2D eigenvalue weighted by Crippen LogP contribution is 2.41. The van der Waals surface area contributed by atoms with Crippen molar-refractivity contribution in [2.75, 3.05) is 6.61 Å². The molecule has 2 unspecified atom stereocenters. The third-order valence-electron chi connectivity index (χ3n) is 6.12. The molecule has 0 spiro atoms. The molecular formula is C27H27N3O4S. The molecule has 0 aromatic heterocycles. The summed E-state index contributed by atoms with van der Waals surface area (Å²) < 4.78 is 25.3. The van der Waals surface area contributed by atoms with Crippen molar-refractivity contribution in [1.82, 2.24) is 0 Å². The van der Waals surface area contributed by atoms with E-state index in [0.29, 0.717) is 13.2 Å². The summed E-state index contributed by atoms with van der Waals surface area (Å²) >= 11 is 1.52. The molecule has 2 aliphatic rings. The molecule has 2 aliphatic heterocycles. The van der Waals surface area contributed by atoms with Gasteiger partial charge in [-0.15, -0.1) is 0 Å². The van der Waals surface area contributed by atoms with Crippen LogP contribution in [0.5, 0.6) is 0 Å². The summed E-state index contributed by atoms with van der Waals surface area (Å²) in [6.45, 7) is 2.77. The number of azide groups is 1. The van der Waals surface area contributed by atoms with Crippen LogP contribution in [0.15, 0.2) is 94.9 Å². The first-order chi connectivity index (χ1) is 17.2.